The van der Waals surface area contributed by atoms with Gasteiger partial charge < -0.3 is 14.6 Å². The van der Waals surface area contributed by atoms with Crippen LogP contribution in [0.25, 0.3) is 0 Å². The molecule has 0 saturated carbocycles. The quantitative estimate of drug-likeness (QED) is 0.746. The molecule has 0 amide bonds. The first kappa shape index (κ1) is 9.31. The molecule has 3 nitrogen and oxygen atoms in total. The van der Waals surface area contributed by atoms with E-state index < -0.39 is 5.97 Å². The second kappa shape index (κ2) is 3.75. The number of carbonyl (C=O) groups is 1. The lowest BCUT2D eigenvalue weighted by Gasteiger charge is -2.08. The summed E-state index contributed by atoms with van der Waals surface area (Å²) in [6, 6.07) is 4.88. The Morgan fingerprint density at radius 3 is 2.75 bits per heavy atom. The molecule has 0 aliphatic carbocycles. The fourth-order valence-electron chi connectivity index (χ4n) is 0.840. The van der Waals surface area contributed by atoms with Crippen LogP contribution in [0.3, 0.4) is 0 Å². The molecule has 0 aliphatic heterocycles. The average Bonchev–Trinajstić information content (AvgIpc) is 2.04. The molecule has 1 aromatic carbocycles. The summed E-state index contributed by atoms with van der Waals surface area (Å²) in [7, 11) is 1.43. The Morgan fingerprint density at radius 2 is 2.25 bits per heavy atom. The lowest BCUT2D eigenvalue weighted by Crippen LogP contribution is -2.23. The topological polar surface area (TPSA) is 49.4 Å². The summed E-state index contributed by atoms with van der Waals surface area (Å²) in [6.45, 7) is 0. The van der Waals surface area contributed by atoms with Gasteiger partial charge in [0.05, 0.1) is 13.1 Å². The molecule has 4 heteroatoms. The molecule has 1 rings (SSSR count). The number of rotatable bonds is 2. The summed E-state index contributed by atoms with van der Waals surface area (Å²) in [5.74, 6) is -0.888. The first-order chi connectivity index (χ1) is 5.65. The summed E-state index contributed by atoms with van der Waals surface area (Å²) in [6.07, 6.45) is 0. The van der Waals surface area contributed by atoms with E-state index in [0.29, 0.717) is 5.75 Å². The van der Waals surface area contributed by atoms with Crippen LogP contribution in [-0.2, 0) is 0 Å². The van der Waals surface area contributed by atoms with Crippen LogP contribution in [0.2, 0.25) is 0 Å². The third-order valence-corrected chi connectivity index (χ3v) is 2.05. The molecule has 0 heterocycles. The highest BCUT2D eigenvalue weighted by atomic mass is 127. The molecule has 0 fully saturated rings. The van der Waals surface area contributed by atoms with Gasteiger partial charge in [-0.1, -0.05) is 0 Å². The van der Waals surface area contributed by atoms with Gasteiger partial charge in [0.15, 0.2) is 0 Å². The molecule has 0 spiro atoms. The number of benzene rings is 1. The number of ether oxygens (including phenoxy) is 1. The molecule has 0 bridgehead atoms. The van der Waals surface area contributed by atoms with Crippen molar-refractivity contribution in [1.29, 1.82) is 0 Å². The monoisotopic (exact) mass is 277 g/mol. The number of carbonyl (C=O) groups excluding carboxylic acids is 1. The standard InChI is InChI=1S/C8H7IO3/c1-12-7-3-2-5(9)4-6(7)8(10)11/h2-4H,1H3,(H,10,11)/p-1. The van der Waals surface area contributed by atoms with E-state index in [-0.39, 0.29) is 5.56 Å². The van der Waals surface area contributed by atoms with Crippen LogP contribution < -0.4 is 9.84 Å². The maximum atomic E-state index is 10.5. The Hall–Kier alpha value is -0.780. The molecule has 0 aliphatic rings. The fourth-order valence-corrected chi connectivity index (χ4v) is 1.33. The van der Waals surface area contributed by atoms with Crippen LogP contribution in [0.15, 0.2) is 18.2 Å². The van der Waals surface area contributed by atoms with E-state index in [2.05, 4.69) is 0 Å². The zero-order valence-electron chi connectivity index (χ0n) is 6.33. The van der Waals surface area contributed by atoms with Gasteiger partial charge in [-0.3, -0.25) is 0 Å². The van der Waals surface area contributed by atoms with Gasteiger partial charge >= 0.3 is 0 Å². The number of hydrogen-bond donors (Lipinski definition) is 0. The Morgan fingerprint density at radius 1 is 1.58 bits per heavy atom. The van der Waals surface area contributed by atoms with Crippen molar-refractivity contribution in [2.45, 2.75) is 0 Å². The van der Waals surface area contributed by atoms with Crippen molar-refractivity contribution in [1.82, 2.24) is 0 Å². The molecule has 0 N–H and O–H groups in total. The molecule has 64 valence electrons. The van der Waals surface area contributed by atoms with Gasteiger partial charge in [-0.25, -0.2) is 0 Å². The van der Waals surface area contributed by atoms with Crippen LogP contribution >= 0.6 is 22.6 Å². The third kappa shape index (κ3) is 1.88. The maximum absolute atomic E-state index is 10.5. The van der Waals surface area contributed by atoms with Crippen molar-refractivity contribution in [2.75, 3.05) is 7.11 Å². The maximum Gasteiger partial charge on any atom is 0.127 e. The summed E-state index contributed by atoms with van der Waals surface area (Å²) in [5, 5.41) is 10.5. The molecule has 12 heavy (non-hydrogen) atoms. The van der Waals surface area contributed by atoms with Crippen LogP contribution in [-0.4, -0.2) is 13.1 Å². The van der Waals surface area contributed by atoms with Gasteiger partial charge in [0.2, 0.25) is 0 Å². The summed E-state index contributed by atoms with van der Waals surface area (Å²) >= 11 is 2.03. The highest BCUT2D eigenvalue weighted by Crippen LogP contribution is 2.19. The van der Waals surface area contributed by atoms with E-state index in [1.165, 1.54) is 13.2 Å². The van der Waals surface area contributed by atoms with E-state index in [0.717, 1.165) is 3.57 Å². The van der Waals surface area contributed by atoms with Crippen molar-refractivity contribution in [2.24, 2.45) is 0 Å². The number of carboxylic acid groups (broad SMARTS) is 1. The van der Waals surface area contributed by atoms with Gasteiger partial charge in [-0.2, -0.15) is 0 Å². The van der Waals surface area contributed by atoms with Gasteiger partial charge in [0, 0.05) is 9.13 Å². The lowest BCUT2D eigenvalue weighted by atomic mass is 10.2. The minimum atomic E-state index is -1.22. The van der Waals surface area contributed by atoms with E-state index in [1.807, 2.05) is 22.6 Å². The zero-order chi connectivity index (χ0) is 9.14. The summed E-state index contributed by atoms with van der Waals surface area (Å²) in [4.78, 5) is 10.5. The van der Waals surface area contributed by atoms with E-state index in [9.17, 15) is 9.90 Å². The molecule has 1 aromatic rings. The molecule has 0 aromatic heterocycles. The second-order valence-corrected chi connectivity index (χ2v) is 3.38. The van der Waals surface area contributed by atoms with Crippen LogP contribution in [0.4, 0.5) is 0 Å². The molecule has 0 radical (unpaired) electrons. The minimum Gasteiger partial charge on any atom is -0.545 e. The second-order valence-electron chi connectivity index (χ2n) is 2.13. The van der Waals surface area contributed by atoms with Gasteiger partial charge in [-0.15, -0.1) is 0 Å². The SMILES string of the molecule is COc1ccc(I)cc1C(=O)[O-]. The average molecular weight is 277 g/mol. The van der Waals surface area contributed by atoms with E-state index >= 15 is 0 Å². The third-order valence-electron chi connectivity index (χ3n) is 1.38. The first-order valence-corrected chi connectivity index (χ1v) is 4.28. The van der Waals surface area contributed by atoms with Crippen molar-refractivity contribution < 1.29 is 14.6 Å². The van der Waals surface area contributed by atoms with Gasteiger partial charge in [-0.05, 0) is 40.8 Å². The normalized spacial score (nSPS) is 9.50. The molecular weight excluding hydrogens is 271 g/mol. The number of carboxylic acids is 1. The number of halogens is 1. The summed E-state index contributed by atoms with van der Waals surface area (Å²) in [5.41, 5.74) is 0.0874. The predicted octanol–water partition coefficient (Wildman–Crippen LogP) is 0.663. The number of aromatic carboxylic acids is 1. The smallest absolute Gasteiger partial charge is 0.127 e. The Kier molecular flexibility index (Phi) is 2.91. The van der Waals surface area contributed by atoms with Crippen molar-refractivity contribution in [3.63, 3.8) is 0 Å². The Bertz CT molecular complexity index is 309. The van der Waals surface area contributed by atoms with Gasteiger partial charge in [0.25, 0.3) is 0 Å². The van der Waals surface area contributed by atoms with Crippen molar-refractivity contribution in [3.05, 3.63) is 27.3 Å². The molecule has 0 atom stereocenters. The first-order valence-electron chi connectivity index (χ1n) is 3.20. The van der Waals surface area contributed by atoms with Crippen LogP contribution in [0.1, 0.15) is 10.4 Å². The highest BCUT2D eigenvalue weighted by molar-refractivity contribution is 14.1. The Labute approximate surface area is 83.5 Å². The highest BCUT2D eigenvalue weighted by Gasteiger charge is 2.03. The van der Waals surface area contributed by atoms with Crippen molar-refractivity contribution >= 4 is 28.6 Å². The Balaban J connectivity index is 3.21. The minimum absolute atomic E-state index is 0.0874. The molecule has 0 saturated heterocycles. The molecular formula is C8H6IO3-. The lowest BCUT2D eigenvalue weighted by molar-refractivity contribution is -0.255. The van der Waals surface area contributed by atoms with Crippen LogP contribution in [0.5, 0.6) is 5.75 Å². The van der Waals surface area contributed by atoms with E-state index in [4.69, 9.17) is 4.74 Å². The summed E-state index contributed by atoms with van der Waals surface area (Å²) < 4.78 is 5.68. The molecule has 0 unspecified atom stereocenters. The number of hydrogen-bond acceptors (Lipinski definition) is 3. The van der Waals surface area contributed by atoms with Gasteiger partial charge in [0.1, 0.15) is 5.75 Å². The van der Waals surface area contributed by atoms with E-state index in [1.54, 1.807) is 12.1 Å². The zero-order valence-corrected chi connectivity index (χ0v) is 8.49. The van der Waals surface area contributed by atoms with Crippen LogP contribution in [0, 0.1) is 3.57 Å². The number of methoxy groups -OCH3 is 1. The fraction of sp³-hybridized carbons (Fsp3) is 0.125. The largest absolute Gasteiger partial charge is 0.545 e. The van der Waals surface area contributed by atoms with Crippen molar-refractivity contribution in [3.8, 4) is 5.75 Å². The predicted molar refractivity (Wildman–Crippen MR) is 50.0 cm³/mol.